The minimum Gasteiger partial charge on any atom is -0.497 e. The Balaban J connectivity index is 1.94. The molecule has 0 aliphatic carbocycles. The van der Waals surface area contributed by atoms with Crippen molar-refractivity contribution in [3.8, 4) is 5.75 Å². The smallest absolute Gasteiger partial charge is 0.416 e. The molecule has 4 N–H and O–H groups in total. The van der Waals surface area contributed by atoms with Crippen molar-refractivity contribution in [2.75, 3.05) is 18.2 Å². The van der Waals surface area contributed by atoms with E-state index >= 15 is 0 Å². The molecule has 0 saturated carbocycles. The molecule has 2 aromatic carbocycles. The summed E-state index contributed by atoms with van der Waals surface area (Å²) in [5.74, 6) is -2.61. The number of ether oxygens (including phenoxy) is 1. The van der Waals surface area contributed by atoms with Gasteiger partial charge in [0.15, 0.2) is 17.4 Å². The van der Waals surface area contributed by atoms with Crippen LogP contribution in [-0.4, -0.2) is 19.3 Å². The number of rotatable bonds is 4. The second-order valence-electron chi connectivity index (χ2n) is 6.42. The van der Waals surface area contributed by atoms with Gasteiger partial charge in [-0.05, 0) is 19.1 Å². The van der Waals surface area contributed by atoms with Crippen LogP contribution in [0.3, 0.4) is 0 Å². The SMILES string of the molecule is COc1cc(N)cc(NC(=O)NC(c2oc3c(F)cc(F)cc3c2C)C(F)(F)F)c1. The average molecular weight is 429 g/mol. The van der Waals surface area contributed by atoms with Crippen LogP contribution in [0, 0.1) is 18.6 Å². The zero-order chi connectivity index (χ0) is 22.2. The van der Waals surface area contributed by atoms with Gasteiger partial charge in [0.25, 0.3) is 0 Å². The molecule has 1 atom stereocenters. The molecule has 1 aromatic heterocycles. The molecular weight excluding hydrogens is 413 g/mol. The fourth-order valence-corrected chi connectivity index (χ4v) is 2.94. The number of fused-ring (bicyclic) bond motifs is 1. The van der Waals surface area contributed by atoms with Gasteiger partial charge in [-0.25, -0.2) is 13.6 Å². The van der Waals surface area contributed by atoms with E-state index in [1.165, 1.54) is 32.2 Å². The summed E-state index contributed by atoms with van der Waals surface area (Å²) in [6.45, 7) is 1.21. The molecule has 1 heterocycles. The maximum absolute atomic E-state index is 13.9. The summed E-state index contributed by atoms with van der Waals surface area (Å²) in [5, 5.41) is 3.80. The number of aryl methyl sites for hydroxylation is 1. The van der Waals surface area contributed by atoms with Gasteiger partial charge in [-0.2, -0.15) is 13.2 Å². The van der Waals surface area contributed by atoms with Crippen molar-refractivity contribution in [1.29, 1.82) is 0 Å². The minimum atomic E-state index is -4.99. The number of alkyl halides is 3. The third-order valence-corrected chi connectivity index (χ3v) is 4.28. The normalized spacial score (nSPS) is 12.6. The first-order valence-corrected chi connectivity index (χ1v) is 8.46. The van der Waals surface area contributed by atoms with Crippen LogP contribution in [0.5, 0.6) is 5.75 Å². The number of carbonyl (C=O) groups is 1. The standard InChI is InChI=1S/C19H16F5N3O3/c1-8-13-3-9(20)4-14(21)16(13)30-15(8)17(19(22,23)24)27-18(28)26-11-5-10(25)6-12(7-11)29-2/h3-7,17H,25H2,1-2H3,(H2,26,27,28). The fraction of sp³-hybridized carbons (Fsp3) is 0.211. The van der Waals surface area contributed by atoms with Crippen LogP contribution in [0.4, 0.5) is 38.1 Å². The highest BCUT2D eigenvalue weighted by atomic mass is 19.4. The summed E-state index contributed by atoms with van der Waals surface area (Å²) in [6, 6.07) is 1.62. The van der Waals surface area contributed by atoms with Crippen LogP contribution in [-0.2, 0) is 0 Å². The first-order valence-electron chi connectivity index (χ1n) is 8.46. The number of hydrogen-bond donors (Lipinski definition) is 3. The number of urea groups is 1. The second-order valence-corrected chi connectivity index (χ2v) is 6.42. The van der Waals surface area contributed by atoms with Gasteiger partial charge >= 0.3 is 12.2 Å². The molecule has 0 spiro atoms. The van der Waals surface area contributed by atoms with Crippen molar-refractivity contribution in [3.05, 3.63) is 53.3 Å². The van der Waals surface area contributed by atoms with Gasteiger partial charge in [0.05, 0.1) is 7.11 Å². The van der Waals surface area contributed by atoms with E-state index in [2.05, 4.69) is 5.32 Å². The lowest BCUT2D eigenvalue weighted by Crippen LogP contribution is -2.40. The number of nitrogens with one attached hydrogen (secondary N) is 2. The Kier molecular flexibility index (Phi) is 5.47. The maximum Gasteiger partial charge on any atom is 0.416 e. The van der Waals surface area contributed by atoms with E-state index in [-0.39, 0.29) is 28.1 Å². The van der Waals surface area contributed by atoms with E-state index in [1.807, 2.05) is 0 Å². The van der Waals surface area contributed by atoms with Gasteiger partial charge in [-0.1, -0.05) is 0 Å². The van der Waals surface area contributed by atoms with Crippen molar-refractivity contribution in [1.82, 2.24) is 5.32 Å². The fourth-order valence-electron chi connectivity index (χ4n) is 2.94. The Hall–Kier alpha value is -3.50. The molecule has 0 fully saturated rings. The molecule has 0 aliphatic heterocycles. The third-order valence-electron chi connectivity index (χ3n) is 4.28. The highest BCUT2D eigenvalue weighted by Crippen LogP contribution is 2.39. The van der Waals surface area contributed by atoms with Crippen molar-refractivity contribution < 1.29 is 35.9 Å². The number of nitrogen functional groups attached to an aromatic ring is 1. The quantitative estimate of drug-likeness (QED) is 0.401. The molecule has 0 aliphatic rings. The molecule has 3 rings (SSSR count). The Morgan fingerprint density at radius 3 is 2.50 bits per heavy atom. The van der Waals surface area contributed by atoms with E-state index in [4.69, 9.17) is 14.9 Å². The summed E-state index contributed by atoms with van der Waals surface area (Å²) >= 11 is 0. The van der Waals surface area contributed by atoms with Crippen LogP contribution in [0.1, 0.15) is 17.4 Å². The summed E-state index contributed by atoms with van der Waals surface area (Å²) in [7, 11) is 1.35. The monoisotopic (exact) mass is 429 g/mol. The summed E-state index contributed by atoms with van der Waals surface area (Å²) < 4.78 is 78.4. The minimum absolute atomic E-state index is 0.0831. The van der Waals surface area contributed by atoms with Crippen molar-refractivity contribution in [2.45, 2.75) is 19.1 Å². The van der Waals surface area contributed by atoms with Crippen LogP contribution in [0.15, 0.2) is 34.7 Å². The number of nitrogens with two attached hydrogens (primary N) is 1. The third kappa shape index (κ3) is 4.24. The van der Waals surface area contributed by atoms with Gasteiger partial charge in [0.2, 0.25) is 0 Å². The van der Waals surface area contributed by atoms with E-state index < -0.39 is 41.2 Å². The number of methoxy groups -OCH3 is 1. The van der Waals surface area contributed by atoms with Crippen LogP contribution in [0.2, 0.25) is 0 Å². The molecule has 160 valence electrons. The number of anilines is 2. The van der Waals surface area contributed by atoms with E-state index in [9.17, 15) is 26.7 Å². The van der Waals surface area contributed by atoms with Crippen LogP contribution >= 0.6 is 0 Å². The van der Waals surface area contributed by atoms with Crippen molar-refractivity contribution in [2.24, 2.45) is 0 Å². The second kappa shape index (κ2) is 7.73. The lowest BCUT2D eigenvalue weighted by Gasteiger charge is -2.21. The lowest BCUT2D eigenvalue weighted by atomic mass is 10.1. The van der Waals surface area contributed by atoms with Gasteiger partial charge in [0.1, 0.15) is 17.3 Å². The van der Waals surface area contributed by atoms with Gasteiger partial charge in [-0.3, -0.25) is 0 Å². The molecule has 6 nitrogen and oxygen atoms in total. The number of carbonyl (C=O) groups excluding carboxylic acids is 1. The highest BCUT2D eigenvalue weighted by Gasteiger charge is 2.45. The molecule has 0 radical (unpaired) electrons. The molecule has 0 saturated heterocycles. The van der Waals surface area contributed by atoms with Crippen LogP contribution < -0.4 is 21.1 Å². The predicted octanol–water partition coefficient (Wildman–Crippen LogP) is 5.04. The molecule has 1 unspecified atom stereocenters. The largest absolute Gasteiger partial charge is 0.497 e. The van der Waals surface area contributed by atoms with Gasteiger partial charge in [-0.15, -0.1) is 0 Å². The lowest BCUT2D eigenvalue weighted by molar-refractivity contribution is -0.158. The number of amides is 2. The summed E-state index contributed by atoms with van der Waals surface area (Å²) in [6.07, 6.45) is -4.99. The zero-order valence-electron chi connectivity index (χ0n) is 15.7. The number of furan rings is 1. The Bertz CT molecular complexity index is 1110. The van der Waals surface area contributed by atoms with Gasteiger partial charge in [0, 0.05) is 40.5 Å². The molecular formula is C19H16F5N3O3. The molecule has 11 heteroatoms. The Labute approximate surface area is 166 Å². The topological polar surface area (TPSA) is 89.5 Å². The molecule has 30 heavy (non-hydrogen) atoms. The first-order chi connectivity index (χ1) is 14.0. The maximum atomic E-state index is 13.9. The summed E-state index contributed by atoms with van der Waals surface area (Å²) in [4.78, 5) is 12.2. The van der Waals surface area contributed by atoms with Gasteiger partial charge < -0.3 is 25.5 Å². The molecule has 0 bridgehead atoms. The highest BCUT2D eigenvalue weighted by molar-refractivity contribution is 5.91. The van der Waals surface area contributed by atoms with Crippen molar-refractivity contribution >= 4 is 28.4 Å². The predicted molar refractivity (Wildman–Crippen MR) is 99.2 cm³/mol. The zero-order valence-corrected chi connectivity index (χ0v) is 15.7. The van der Waals surface area contributed by atoms with Crippen LogP contribution in [0.25, 0.3) is 11.0 Å². The average Bonchev–Trinajstić information content (AvgIpc) is 2.95. The van der Waals surface area contributed by atoms with Crippen molar-refractivity contribution in [3.63, 3.8) is 0 Å². The Morgan fingerprint density at radius 1 is 1.17 bits per heavy atom. The molecule has 2 amide bonds. The number of benzene rings is 2. The van der Waals surface area contributed by atoms with E-state index in [0.717, 1.165) is 6.07 Å². The van der Waals surface area contributed by atoms with E-state index in [1.54, 1.807) is 5.32 Å². The number of halogens is 5. The first kappa shape index (κ1) is 21.2. The molecule has 3 aromatic rings. The summed E-state index contributed by atoms with van der Waals surface area (Å²) in [5.41, 5.74) is 5.25. The van der Waals surface area contributed by atoms with E-state index in [0.29, 0.717) is 6.07 Å². The Morgan fingerprint density at radius 2 is 1.87 bits per heavy atom. The number of hydrogen-bond acceptors (Lipinski definition) is 4.